The quantitative estimate of drug-likeness (QED) is 0.113. The Balaban J connectivity index is 1.51. The van der Waals surface area contributed by atoms with Gasteiger partial charge in [0.15, 0.2) is 62.9 Å². The Morgan fingerprint density at radius 3 is 1.60 bits per heavy atom. The SMILES string of the molecule is N#C/C(=C1/N=c2cc(C#N)cc(F)c2=N1)c1nc(-c2nc3c(F)c(F)c(F)c(F)c3o2)nc(-c2nc3c(F)c(F)c(F)c(F)c3o2)n1. The van der Waals surface area contributed by atoms with Crippen LogP contribution in [0.4, 0.5) is 39.5 Å². The van der Waals surface area contributed by atoms with Gasteiger partial charge in [-0.1, -0.05) is 0 Å². The van der Waals surface area contributed by atoms with Crippen molar-refractivity contribution in [3.05, 3.63) is 92.4 Å². The number of benzene rings is 3. The molecule has 0 amide bonds. The smallest absolute Gasteiger partial charge is 0.266 e. The summed E-state index contributed by atoms with van der Waals surface area (Å²) in [6.07, 6.45) is 0. The molecular formula is C27H2F9N9O2. The highest BCUT2D eigenvalue weighted by Crippen LogP contribution is 2.33. The van der Waals surface area contributed by atoms with Crippen LogP contribution in [0.25, 0.3) is 51.2 Å². The maximum atomic E-state index is 14.6. The Hall–Kier alpha value is -6.70. The lowest BCUT2D eigenvalue weighted by atomic mass is 10.2. The van der Waals surface area contributed by atoms with Gasteiger partial charge in [0.25, 0.3) is 11.8 Å². The molecule has 20 heteroatoms. The number of aromatic nitrogens is 5. The van der Waals surface area contributed by atoms with Crippen molar-refractivity contribution in [3.8, 4) is 35.6 Å². The van der Waals surface area contributed by atoms with E-state index in [-0.39, 0.29) is 10.9 Å². The van der Waals surface area contributed by atoms with Crippen LogP contribution < -0.4 is 10.7 Å². The van der Waals surface area contributed by atoms with Crippen LogP contribution in [0.15, 0.2) is 36.8 Å². The monoisotopic (exact) mass is 655 g/mol. The molecule has 0 atom stereocenters. The molecule has 3 aromatic heterocycles. The molecule has 0 saturated heterocycles. The van der Waals surface area contributed by atoms with Crippen molar-refractivity contribution in [1.82, 2.24) is 24.9 Å². The molecule has 230 valence electrons. The largest absolute Gasteiger partial charge is 0.430 e. The van der Waals surface area contributed by atoms with Crippen LogP contribution in [0.2, 0.25) is 0 Å². The number of halogens is 9. The summed E-state index contributed by atoms with van der Waals surface area (Å²) >= 11 is 0. The van der Waals surface area contributed by atoms with Gasteiger partial charge in [0, 0.05) is 0 Å². The summed E-state index contributed by atoms with van der Waals surface area (Å²) in [4.78, 5) is 26.5. The second-order valence-electron chi connectivity index (χ2n) is 9.18. The number of hydrogen-bond acceptors (Lipinski definition) is 11. The fourth-order valence-electron chi connectivity index (χ4n) is 4.30. The zero-order chi connectivity index (χ0) is 33.5. The van der Waals surface area contributed by atoms with Gasteiger partial charge >= 0.3 is 0 Å². The van der Waals surface area contributed by atoms with E-state index in [1.165, 1.54) is 0 Å². The maximum Gasteiger partial charge on any atom is 0.266 e. The van der Waals surface area contributed by atoms with E-state index in [0.717, 1.165) is 12.1 Å². The molecule has 0 unspecified atom stereocenters. The molecule has 0 saturated carbocycles. The zero-order valence-corrected chi connectivity index (χ0v) is 21.9. The molecule has 4 heterocycles. The second kappa shape index (κ2) is 10.2. The van der Waals surface area contributed by atoms with Gasteiger partial charge in [0.05, 0.1) is 17.0 Å². The highest BCUT2D eigenvalue weighted by Gasteiger charge is 2.30. The first-order valence-corrected chi connectivity index (χ1v) is 12.2. The molecule has 0 radical (unpaired) electrons. The Labute approximate surface area is 249 Å². The normalized spacial score (nSPS) is 13.3. The summed E-state index contributed by atoms with van der Waals surface area (Å²) in [5.41, 5.74) is -5.67. The molecule has 11 nitrogen and oxygen atoms in total. The van der Waals surface area contributed by atoms with Crippen molar-refractivity contribution in [3.63, 3.8) is 0 Å². The van der Waals surface area contributed by atoms with Crippen LogP contribution in [0.1, 0.15) is 11.4 Å². The van der Waals surface area contributed by atoms with E-state index in [1.54, 1.807) is 12.1 Å². The summed E-state index contributed by atoms with van der Waals surface area (Å²) in [5.74, 6) is -23.0. The lowest BCUT2D eigenvalue weighted by Gasteiger charge is -2.03. The number of rotatable bonds is 3. The first kappa shape index (κ1) is 29.0. The molecular weight excluding hydrogens is 653 g/mol. The average molecular weight is 655 g/mol. The number of fused-ring (bicyclic) bond motifs is 3. The van der Waals surface area contributed by atoms with Crippen molar-refractivity contribution < 1.29 is 48.3 Å². The molecule has 6 aromatic rings. The minimum atomic E-state index is -2.25. The highest BCUT2D eigenvalue weighted by molar-refractivity contribution is 5.80. The van der Waals surface area contributed by atoms with Gasteiger partial charge in [-0.2, -0.15) is 24.3 Å². The van der Waals surface area contributed by atoms with E-state index < -0.39 is 121 Å². The third kappa shape index (κ3) is 4.26. The van der Waals surface area contributed by atoms with Gasteiger partial charge in [-0.15, -0.1) is 0 Å². The van der Waals surface area contributed by atoms with E-state index in [1.807, 2.05) is 0 Å². The lowest BCUT2D eigenvalue weighted by molar-refractivity contribution is 0.410. The molecule has 0 fully saturated rings. The molecule has 0 N–H and O–H groups in total. The van der Waals surface area contributed by atoms with Crippen molar-refractivity contribution >= 4 is 27.8 Å². The van der Waals surface area contributed by atoms with Gasteiger partial charge in [0.1, 0.15) is 17.0 Å². The average Bonchev–Trinajstić information content (AvgIpc) is 3.82. The van der Waals surface area contributed by atoms with E-state index >= 15 is 0 Å². The van der Waals surface area contributed by atoms with Crippen molar-refractivity contribution in [2.24, 2.45) is 9.98 Å². The van der Waals surface area contributed by atoms with E-state index in [0.29, 0.717) is 0 Å². The van der Waals surface area contributed by atoms with Crippen LogP contribution in [0, 0.1) is 75.0 Å². The number of oxazole rings is 2. The van der Waals surface area contributed by atoms with E-state index in [2.05, 4.69) is 34.9 Å². The molecule has 3 aromatic carbocycles. The molecule has 0 bridgehead atoms. The van der Waals surface area contributed by atoms with Crippen LogP contribution in [0.5, 0.6) is 0 Å². The summed E-state index contributed by atoms with van der Waals surface area (Å²) in [6.45, 7) is 0. The molecule has 0 spiro atoms. The maximum absolute atomic E-state index is 14.6. The summed E-state index contributed by atoms with van der Waals surface area (Å²) in [7, 11) is 0. The lowest BCUT2D eigenvalue weighted by Crippen LogP contribution is -2.25. The van der Waals surface area contributed by atoms with Gasteiger partial charge in [0.2, 0.25) is 34.9 Å². The third-order valence-electron chi connectivity index (χ3n) is 6.42. The first-order valence-electron chi connectivity index (χ1n) is 12.2. The number of nitrogens with zero attached hydrogens (tertiary/aromatic N) is 9. The topological polar surface area (TPSA) is 163 Å². The Bertz CT molecular complexity index is 2470. The van der Waals surface area contributed by atoms with Crippen LogP contribution in [-0.2, 0) is 0 Å². The fraction of sp³-hybridized carbons (Fsp3) is 0. The van der Waals surface area contributed by atoms with Gasteiger partial charge in [-0.3, -0.25) is 0 Å². The molecule has 0 aliphatic carbocycles. The van der Waals surface area contributed by atoms with E-state index in [9.17, 15) is 44.8 Å². The Kier molecular flexibility index (Phi) is 6.28. The summed E-state index contributed by atoms with van der Waals surface area (Å²) in [6, 6.07) is 5.30. The molecule has 7 rings (SSSR count). The van der Waals surface area contributed by atoms with Gasteiger partial charge < -0.3 is 8.83 Å². The minimum Gasteiger partial charge on any atom is -0.430 e. The molecule has 47 heavy (non-hydrogen) atoms. The van der Waals surface area contributed by atoms with Crippen LogP contribution in [0.3, 0.4) is 0 Å². The fourth-order valence-corrected chi connectivity index (χ4v) is 4.30. The van der Waals surface area contributed by atoms with Gasteiger partial charge in [-0.25, -0.2) is 60.7 Å². The second-order valence-corrected chi connectivity index (χ2v) is 9.18. The number of allylic oxidation sites excluding steroid dienone is 1. The first-order chi connectivity index (χ1) is 22.4. The van der Waals surface area contributed by atoms with Crippen molar-refractivity contribution in [1.29, 1.82) is 10.5 Å². The Morgan fingerprint density at radius 1 is 0.596 bits per heavy atom. The zero-order valence-electron chi connectivity index (χ0n) is 21.9. The molecule has 1 aliphatic heterocycles. The number of nitriles is 2. The predicted octanol–water partition coefficient (Wildman–Crippen LogP) is 4.76. The van der Waals surface area contributed by atoms with Crippen LogP contribution >= 0.6 is 0 Å². The molecule has 1 aliphatic rings. The standard InChI is InChI=1S/C27H2F9N9O2/c28-7-1-5(3-37)2-8-17(7)40-22(39-8)6(4-38)23-43-24(26-41-18-13(33)9(29)11(31)15(35)20(18)46-26)45-25(44-23)27-42-19-14(34)10(30)12(32)16(36)21(19)47-27/h1-2H/b22-6+. The van der Waals surface area contributed by atoms with Crippen LogP contribution in [-0.4, -0.2) is 24.9 Å². The predicted molar refractivity (Wildman–Crippen MR) is 131 cm³/mol. The minimum absolute atomic E-state index is 0.156. The Morgan fingerprint density at radius 2 is 1.11 bits per heavy atom. The summed E-state index contributed by atoms with van der Waals surface area (Å²) in [5, 5.41) is 18.5. The third-order valence-corrected chi connectivity index (χ3v) is 6.42. The number of hydrogen-bond donors (Lipinski definition) is 0. The van der Waals surface area contributed by atoms with Crippen molar-refractivity contribution in [2.45, 2.75) is 0 Å². The van der Waals surface area contributed by atoms with E-state index in [4.69, 9.17) is 14.1 Å². The highest BCUT2D eigenvalue weighted by atomic mass is 19.2. The van der Waals surface area contributed by atoms with Gasteiger partial charge in [-0.05, 0) is 12.1 Å². The van der Waals surface area contributed by atoms with Crippen molar-refractivity contribution in [2.75, 3.05) is 0 Å². The summed E-state index contributed by atoms with van der Waals surface area (Å²) < 4.78 is 138.